The fourth-order valence-electron chi connectivity index (χ4n) is 1.90. The summed E-state index contributed by atoms with van der Waals surface area (Å²) in [5, 5.41) is 0. The highest BCUT2D eigenvalue weighted by atomic mass is 19.4. The summed E-state index contributed by atoms with van der Waals surface area (Å²) in [5.74, 6) is 1.26. The summed E-state index contributed by atoms with van der Waals surface area (Å²) < 4.78 is 48.5. The van der Waals surface area contributed by atoms with Crippen molar-refractivity contribution in [2.45, 2.75) is 12.2 Å². The van der Waals surface area contributed by atoms with Gasteiger partial charge in [0.2, 0.25) is 0 Å². The van der Waals surface area contributed by atoms with Gasteiger partial charge in [-0.15, -0.1) is 0 Å². The molecule has 0 saturated carbocycles. The zero-order chi connectivity index (χ0) is 16.2. The molecule has 0 amide bonds. The van der Waals surface area contributed by atoms with Gasteiger partial charge < -0.3 is 15.2 Å². The predicted octanol–water partition coefficient (Wildman–Crippen LogP) is 3.79. The third-order valence-corrected chi connectivity index (χ3v) is 3.13. The van der Waals surface area contributed by atoms with E-state index in [-0.39, 0.29) is 6.61 Å². The zero-order valence-electron chi connectivity index (χ0n) is 11.9. The molecule has 1 atom stereocenters. The van der Waals surface area contributed by atoms with Crippen molar-refractivity contribution < 1.29 is 22.6 Å². The summed E-state index contributed by atoms with van der Waals surface area (Å²) in [6.45, 7) is 0.0770. The third-order valence-electron chi connectivity index (χ3n) is 3.13. The molecule has 2 rings (SSSR count). The van der Waals surface area contributed by atoms with Crippen LogP contribution in [-0.2, 0) is 6.18 Å². The molecule has 22 heavy (non-hydrogen) atoms. The predicted molar refractivity (Wildman–Crippen MR) is 76.9 cm³/mol. The number of hydrogen-bond acceptors (Lipinski definition) is 3. The van der Waals surface area contributed by atoms with Crippen molar-refractivity contribution in [1.29, 1.82) is 0 Å². The SMILES string of the molecule is COc1ccc(OCC(N)c2cccc(C(F)(F)F)c2)cc1. The number of methoxy groups -OCH3 is 1. The second kappa shape index (κ2) is 6.70. The number of alkyl halides is 3. The Kier molecular flexibility index (Phi) is 4.92. The van der Waals surface area contributed by atoms with Crippen molar-refractivity contribution in [2.75, 3.05) is 13.7 Å². The minimum Gasteiger partial charge on any atom is -0.497 e. The van der Waals surface area contributed by atoms with E-state index in [2.05, 4.69) is 0 Å². The third kappa shape index (κ3) is 4.14. The Balaban J connectivity index is 2.01. The molecule has 0 saturated heterocycles. The van der Waals surface area contributed by atoms with Crippen molar-refractivity contribution >= 4 is 0 Å². The molecule has 0 bridgehead atoms. The molecule has 0 aliphatic carbocycles. The van der Waals surface area contributed by atoms with Gasteiger partial charge in [-0.1, -0.05) is 12.1 Å². The molecule has 0 fully saturated rings. The van der Waals surface area contributed by atoms with E-state index in [0.717, 1.165) is 12.1 Å². The van der Waals surface area contributed by atoms with E-state index in [1.54, 1.807) is 37.4 Å². The van der Waals surface area contributed by atoms with E-state index in [4.69, 9.17) is 15.2 Å². The molecule has 0 aliphatic rings. The van der Waals surface area contributed by atoms with Crippen LogP contribution < -0.4 is 15.2 Å². The molecule has 0 aliphatic heterocycles. The number of halogens is 3. The Morgan fingerprint density at radius 3 is 2.27 bits per heavy atom. The number of benzene rings is 2. The van der Waals surface area contributed by atoms with E-state index >= 15 is 0 Å². The lowest BCUT2D eigenvalue weighted by Gasteiger charge is -2.15. The molecule has 2 aromatic carbocycles. The first-order valence-electron chi connectivity index (χ1n) is 6.60. The van der Waals surface area contributed by atoms with Gasteiger partial charge in [0.15, 0.2) is 0 Å². The minimum absolute atomic E-state index is 0.0770. The molecule has 0 spiro atoms. The Morgan fingerprint density at radius 1 is 1.05 bits per heavy atom. The van der Waals surface area contributed by atoms with Crippen LogP contribution in [0.4, 0.5) is 13.2 Å². The second-order valence-electron chi connectivity index (χ2n) is 4.72. The van der Waals surface area contributed by atoms with Crippen molar-refractivity contribution in [3.8, 4) is 11.5 Å². The molecule has 118 valence electrons. The topological polar surface area (TPSA) is 44.5 Å². The molecule has 0 radical (unpaired) electrons. The average Bonchev–Trinajstić information content (AvgIpc) is 2.52. The molecular formula is C16H16F3NO2. The molecule has 0 aromatic heterocycles. The van der Waals surface area contributed by atoms with E-state index < -0.39 is 17.8 Å². The number of ether oxygens (including phenoxy) is 2. The quantitative estimate of drug-likeness (QED) is 0.913. The molecule has 3 nitrogen and oxygen atoms in total. The van der Waals surface area contributed by atoms with Crippen molar-refractivity contribution in [2.24, 2.45) is 5.73 Å². The van der Waals surface area contributed by atoms with Gasteiger partial charge in [0.05, 0.1) is 18.7 Å². The van der Waals surface area contributed by atoms with Crippen LogP contribution in [0.2, 0.25) is 0 Å². The van der Waals surface area contributed by atoms with Gasteiger partial charge in [-0.05, 0) is 42.0 Å². The maximum Gasteiger partial charge on any atom is 0.416 e. The van der Waals surface area contributed by atoms with Gasteiger partial charge in [-0.2, -0.15) is 13.2 Å². The fraction of sp³-hybridized carbons (Fsp3) is 0.250. The Bertz CT molecular complexity index is 612. The highest BCUT2D eigenvalue weighted by Crippen LogP contribution is 2.30. The van der Waals surface area contributed by atoms with Crippen molar-refractivity contribution in [1.82, 2.24) is 0 Å². The first-order valence-corrected chi connectivity index (χ1v) is 6.60. The summed E-state index contributed by atoms with van der Waals surface area (Å²) in [7, 11) is 1.55. The van der Waals surface area contributed by atoms with Gasteiger partial charge in [0, 0.05) is 0 Å². The second-order valence-corrected chi connectivity index (χ2v) is 4.72. The molecule has 2 aromatic rings. The lowest BCUT2D eigenvalue weighted by Crippen LogP contribution is -2.19. The summed E-state index contributed by atoms with van der Waals surface area (Å²) in [4.78, 5) is 0. The lowest BCUT2D eigenvalue weighted by molar-refractivity contribution is -0.137. The normalized spacial score (nSPS) is 12.8. The monoisotopic (exact) mass is 311 g/mol. The standard InChI is InChI=1S/C16H16F3NO2/c1-21-13-5-7-14(8-6-13)22-10-15(20)11-3-2-4-12(9-11)16(17,18)19/h2-9,15H,10,20H2,1H3. The van der Waals surface area contributed by atoms with E-state index in [1.165, 1.54) is 6.07 Å². The Hall–Kier alpha value is -2.21. The largest absolute Gasteiger partial charge is 0.497 e. The van der Waals surface area contributed by atoms with Crippen LogP contribution in [0.1, 0.15) is 17.2 Å². The van der Waals surface area contributed by atoms with E-state index in [1.807, 2.05) is 0 Å². The van der Waals surface area contributed by atoms with E-state index in [0.29, 0.717) is 17.1 Å². The molecular weight excluding hydrogens is 295 g/mol. The summed E-state index contributed by atoms with van der Waals surface area (Å²) in [6.07, 6.45) is -4.38. The first-order chi connectivity index (χ1) is 10.4. The van der Waals surface area contributed by atoms with Crippen molar-refractivity contribution in [3.63, 3.8) is 0 Å². The highest BCUT2D eigenvalue weighted by molar-refractivity contribution is 5.32. The number of rotatable bonds is 5. The summed E-state index contributed by atoms with van der Waals surface area (Å²) in [5.41, 5.74) is 5.55. The number of hydrogen-bond donors (Lipinski definition) is 1. The summed E-state index contributed by atoms with van der Waals surface area (Å²) >= 11 is 0. The van der Waals surface area contributed by atoms with Crippen molar-refractivity contribution in [3.05, 3.63) is 59.7 Å². The van der Waals surface area contributed by atoms with Crippen LogP contribution in [0.15, 0.2) is 48.5 Å². The molecule has 0 heterocycles. The summed E-state index contributed by atoms with van der Waals surface area (Å²) in [6, 6.07) is 11.2. The lowest BCUT2D eigenvalue weighted by atomic mass is 10.0. The Labute approximate surface area is 126 Å². The van der Waals surface area contributed by atoms with E-state index in [9.17, 15) is 13.2 Å². The minimum atomic E-state index is -4.38. The fourth-order valence-corrected chi connectivity index (χ4v) is 1.90. The Morgan fingerprint density at radius 2 is 1.68 bits per heavy atom. The van der Waals surface area contributed by atoms with Gasteiger partial charge in [0.1, 0.15) is 18.1 Å². The zero-order valence-corrected chi connectivity index (χ0v) is 11.9. The molecule has 1 unspecified atom stereocenters. The van der Waals surface area contributed by atoms with Crippen LogP contribution in [-0.4, -0.2) is 13.7 Å². The van der Waals surface area contributed by atoms with Gasteiger partial charge in [-0.25, -0.2) is 0 Å². The first kappa shape index (κ1) is 16.2. The number of nitrogens with two attached hydrogens (primary N) is 1. The van der Waals surface area contributed by atoms with Gasteiger partial charge in [0.25, 0.3) is 0 Å². The average molecular weight is 311 g/mol. The van der Waals surface area contributed by atoms with Crippen LogP contribution in [0.3, 0.4) is 0 Å². The molecule has 6 heteroatoms. The smallest absolute Gasteiger partial charge is 0.416 e. The van der Waals surface area contributed by atoms with Crippen LogP contribution in [0.5, 0.6) is 11.5 Å². The molecule has 2 N–H and O–H groups in total. The van der Waals surface area contributed by atoms with Crippen LogP contribution in [0.25, 0.3) is 0 Å². The van der Waals surface area contributed by atoms with Gasteiger partial charge >= 0.3 is 6.18 Å². The van der Waals surface area contributed by atoms with Crippen LogP contribution >= 0.6 is 0 Å². The van der Waals surface area contributed by atoms with Gasteiger partial charge in [-0.3, -0.25) is 0 Å². The highest BCUT2D eigenvalue weighted by Gasteiger charge is 2.30. The van der Waals surface area contributed by atoms with Crippen LogP contribution in [0, 0.1) is 0 Å². The maximum atomic E-state index is 12.7. The maximum absolute atomic E-state index is 12.7.